The summed E-state index contributed by atoms with van der Waals surface area (Å²) in [5, 5.41) is 9.10. The van der Waals surface area contributed by atoms with Gasteiger partial charge in [0.1, 0.15) is 6.10 Å². The highest BCUT2D eigenvalue weighted by molar-refractivity contribution is 4.74. The number of hydrogen-bond donors (Lipinski definition) is 1. The van der Waals surface area contributed by atoms with Gasteiger partial charge in [0.2, 0.25) is 0 Å². The van der Waals surface area contributed by atoms with Crippen molar-refractivity contribution in [1.29, 1.82) is 0 Å². The molecule has 0 aromatic carbocycles. The third-order valence-electron chi connectivity index (χ3n) is 1.78. The largest absolute Gasteiger partial charge is 0.391 e. The minimum atomic E-state index is -0.368. The molecule has 0 bridgehead atoms. The first-order valence-electron chi connectivity index (χ1n) is 3.63. The van der Waals surface area contributed by atoms with E-state index in [9.17, 15) is 0 Å². The maximum Gasteiger partial charge on any atom is 0.183 e. The van der Waals surface area contributed by atoms with Gasteiger partial charge in [-0.1, -0.05) is 0 Å². The van der Waals surface area contributed by atoms with Gasteiger partial charge in [-0.2, -0.15) is 0 Å². The molecule has 1 aliphatic rings. The van der Waals surface area contributed by atoms with E-state index in [-0.39, 0.29) is 18.5 Å². The van der Waals surface area contributed by atoms with Crippen molar-refractivity contribution < 1.29 is 19.3 Å². The first-order chi connectivity index (χ1) is 5.27. The summed E-state index contributed by atoms with van der Waals surface area (Å²) >= 11 is 0. The fraction of sp³-hybridized carbons (Fsp3) is 1.00. The summed E-state index contributed by atoms with van der Waals surface area (Å²) in [6, 6.07) is 0. The van der Waals surface area contributed by atoms with Crippen LogP contribution in [0.25, 0.3) is 0 Å². The van der Waals surface area contributed by atoms with E-state index in [2.05, 4.69) is 0 Å². The summed E-state index contributed by atoms with van der Waals surface area (Å²) in [6.45, 7) is 0.383. The first-order valence-corrected chi connectivity index (χ1v) is 3.63. The Morgan fingerprint density at radius 2 is 2.09 bits per heavy atom. The number of rotatable bonds is 3. The van der Waals surface area contributed by atoms with Gasteiger partial charge in [0.15, 0.2) is 6.29 Å². The van der Waals surface area contributed by atoms with Gasteiger partial charge in [-0.15, -0.1) is 0 Å². The van der Waals surface area contributed by atoms with Crippen molar-refractivity contribution in [2.75, 3.05) is 20.8 Å². The Balaban J connectivity index is 2.34. The van der Waals surface area contributed by atoms with Crippen molar-refractivity contribution in [1.82, 2.24) is 0 Å². The number of aliphatic hydroxyl groups is 1. The molecule has 0 aliphatic carbocycles. The second-order valence-electron chi connectivity index (χ2n) is 2.60. The Hall–Kier alpha value is -0.160. The SMILES string of the molecule is COC(OC)[C@H]1C[C@@H](O)CO1. The highest BCUT2D eigenvalue weighted by atomic mass is 16.7. The zero-order valence-corrected chi connectivity index (χ0v) is 6.82. The normalized spacial score (nSPS) is 31.6. The van der Waals surface area contributed by atoms with E-state index in [4.69, 9.17) is 19.3 Å². The van der Waals surface area contributed by atoms with Crippen LogP contribution in [0.15, 0.2) is 0 Å². The molecule has 0 unspecified atom stereocenters. The molecule has 1 N–H and O–H groups in total. The monoisotopic (exact) mass is 162 g/mol. The van der Waals surface area contributed by atoms with Crippen molar-refractivity contribution in [3.63, 3.8) is 0 Å². The molecule has 0 saturated carbocycles. The van der Waals surface area contributed by atoms with Gasteiger partial charge in [0.05, 0.1) is 12.7 Å². The standard InChI is InChI=1S/C7H14O4/c1-9-7(10-2)6-3-5(8)4-11-6/h5-8H,3-4H2,1-2H3/t5-,6-/m1/s1. The lowest BCUT2D eigenvalue weighted by atomic mass is 10.2. The molecule has 1 fully saturated rings. The van der Waals surface area contributed by atoms with Crippen molar-refractivity contribution in [3.8, 4) is 0 Å². The molecule has 0 radical (unpaired) electrons. The number of hydrogen-bond acceptors (Lipinski definition) is 4. The molecule has 1 saturated heterocycles. The van der Waals surface area contributed by atoms with E-state index in [1.165, 1.54) is 0 Å². The van der Waals surface area contributed by atoms with E-state index in [0.29, 0.717) is 13.0 Å². The van der Waals surface area contributed by atoms with Crippen molar-refractivity contribution in [2.45, 2.75) is 24.9 Å². The fourth-order valence-corrected chi connectivity index (χ4v) is 1.23. The summed E-state index contributed by atoms with van der Waals surface area (Å²) in [6.07, 6.45) is -0.258. The third-order valence-corrected chi connectivity index (χ3v) is 1.78. The smallest absolute Gasteiger partial charge is 0.183 e. The average Bonchev–Trinajstić information content (AvgIpc) is 2.39. The molecule has 1 heterocycles. The van der Waals surface area contributed by atoms with Gasteiger partial charge in [0.25, 0.3) is 0 Å². The molecule has 0 aromatic heterocycles. The second kappa shape index (κ2) is 4.01. The maximum atomic E-state index is 9.10. The predicted molar refractivity (Wildman–Crippen MR) is 38.2 cm³/mol. The van der Waals surface area contributed by atoms with Crippen LogP contribution in [0.1, 0.15) is 6.42 Å². The van der Waals surface area contributed by atoms with Crippen LogP contribution in [0.3, 0.4) is 0 Å². The zero-order chi connectivity index (χ0) is 8.27. The molecule has 0 aromatic rings. The molecule has 4 heteroatoms. The van der Waals surface area contributed by atoms with E-state index in [0.717, 1.165) is 0 Å². The molecule has 1 aliphatic heterocycles. The molecular formula is C7H14O4. The van der Waals surface area contributed by atoms with Crippen LogP contribution in [0.2, 0.25) is 0 Å². The lowest BCUT2D eigenvalue weighted by Crippen LogP contribution is -2.29. The minimum Gasteiger partial charge on any atom is -0.391 e. The lowest BCUT2D eigenvalue weighted by molar-refractivity contribution is -0.167. The molecule has 0 spiro atoms. The summed E-state index contributed by atoms with van der Waals surface area (Å²) in [5.41, 5.74) is 0. The molecular weight excluding hydrogens is 148 g/mol. The third kappa shape index (κ3) is 2.13. The van der Waals surface area contributed by atoms with E-state index in [1.54, 1.807) is 14.2 Å². The highest BCUT2D eigenvalue weighted by Gasteiger charge is 2.30. The number of aliphatic hydroxyl groups excluding tert-OH is 1. The number of ether oxygens (including phenoxy) is 3. The second-order valence-corrected chi connectivity index (χ2v) is 2.60. The zero-order valence-electron chi connectivity index (χ0n) is 6.82. The van der Waals surface area contributed by atoms with Gasteiger partial charge >= 0.3 is 0 Å². The van der Waals surface area contributed by atoms with E-state index >= 15 is 0 Å². The average molecular weight is 162 g/mol. The van der Waals surface area contributed by atoms with Crippen LogP contribution in [0.5, 0.6) is 0 Å². The summed E-state index contributed by atoms with van der Waals surface area (Å²) in [4.78, 5) is 0. The van der Waals surface area contributed by atoms with E-state index in [1.807, 2.05) is 0 Å². The first kappa shape index (κ1) is 8.93. The topological polar surface area (TPSA) is 47.9 Å². The maximum absolute atomic E-state index is 9.10. The van der Waals surface area contributed by atoms with Crippen LogP contribution in [-0.2, 0) is 14.2 Å². The predicted octanol–water partition coefficient (Wildman–Crippen LogP) is -0.245. The Kier molecular flexibility index (Phi) is 3.26. The quantitative estimate of drug-likeness (QED) is 0.581. The molecule has 66 valence electrons. The number of methoxy groups -OCH3 is 2. The minimum absolute atomic E-state index is 0.125. The molecule has 0 amide bonds. The highest BCUT2D eigenvalue weighted by Crippen LogP contribution is 2.18. The van der Waals surface area contributed by atoms with Gasteiger partial charge < -0.3 is 19.3 Å². The van der Waals surface area contributed by atoms with Gasteiger partial charge in [-0.3, -0.25) is 0 Å². The van der Waals surface area contributed by atoms with Crippen molar-refractivity contribution in [2.24, 2.45) is 0 Å². The Bertz CT molecular complexity index is 113. The van der Waals surface area contributed by atoms with Crippen LogP contribution in [0.4, 0.5) is 0 Å². The van der Waals surface area contributed by atoms with Crippen LogP contribution < -0.4 is 0 Å². The lowest BCUT2D eigenvalue weighted by Gasteiger charge is -2.18. The molecule has 2 atom stereocenters. The summed E-state index contributed by atoms with van der Waals surface area (Å²) < 4.78 is 15.2. The van der Waals surface area contributed by atoms with Crippen molar-refractivity contribution >= 4 is 0 Å². The van der Waals surface area contributed by atoms with Gasteiger partial charge in [-0.05, 0) is 0 Å². The van der Waals surface area contributed by atoms with Gasteiger partial charge in [-0.25, -0.2) is 0 Å². The summed E-state index contributed by atoms with van der Waals surface area (Å²) in [7, 11) is 3.12. The molecule has 1 rings (SSSR count). The fourth-order valence-electron chi connectivity index (χ4n) is 1.23. The Morgan fingerprint density at radius 3 is 2.45 bits per heavy atom. The van der Waals surface area contributed by atoms with Crippen LogP contribution in [0, 0.1) is 0 Å². The van der Waals surface area contributed by atoms with E-state index < -0.39 is 0 Å². The molecule has 4 nitrogen and oxygen atoms in total. The summed E-state index contributed by atoms with van der Waals surface area (Å²) in [5.74, 6) is 0. The van der Waals surface area contributed by atoms with Crippen molar-refractivity contribution in [3.05, 3.63) is 0 Å². The van der Waals surface area contributed by atoms with Crippen LogP contribution >= 0.6 is 0 Å². The Labute approximate surface area is 66.1 Å². The van der Waals surface area contributed by atoms with Crippen LogP contribution in [-0.4, -0.2) is 44.4 Å². The molecule has 11 heavy (non-hydrogen) atoms. The Morgan fingerprint density at radius 1 is 1.45 bits per heavy atom. The van der Waals surface area contributed by atoms with Gasteiger partial charge in [0, 0.05) is 20.6 Å².